The maximum absolute atomic E-state index is 12.0. The minimum Gasteiger partial charge on any atom is -0.445 e. The third kappa shape index (κ3) is 7.80. The van der Waals surface area contributed by atoms with Crippen LogP contribution in [0.2, 0.25) is 0 Å². The monoisotopic (exact) mass is 363 g/mol. The fraction of sp³-hybridized carbons (Fsp3) is 0.389. The zero-order valence-corrected chi connectivity index (χ0v) is 15.0. The molecule has 0 saturated heterocycles. The van der Waals surface area contributed by atoms with Gasteiger partial charge < -0.3 is 25.8 Å². The predicted octanol–water partition coefficient (Wildman–Crippen LogP) is 0.821. The molecule has 26 heavy (non-hydrogen) atoms. The van der Waals surface area contributed by atoms with Gasteiger partial charge >= 0.3 is 6.09 Å². The minimum atomic E-state index is -0.730. The molecule has 0 bridgehead atoms. The Morgan fingerprint density at radius 3 is 2.42 bits per heavy atom. The normalized spacial score (nSPS) is 11.2. The number of aliphatic hydroxyl groups is 1. The summed E-state index contributed by atoms with van der Waals surface area (Å²) in [7, 11) is 0. The fourth-order valence-electron chi connectivity index (χ4n) is 1.90. The largest absolute Gasteiger partial charge is 0.445 e. The van der Waals surface area contributed by atoms with E-state index in [0.29, 0.717) is 12.0 Å². The Kier molecular flexibility index (Phi) is 9.48. The summed E-state index contributed by atoms with van der Waals surface area (Å²) in [6.45, 7) is 3.21. The van der Waals surface area contributed by atoms with E-state index in [9.17, 15) is 14.4 Å². The Labute approximate surface area is 152 Å². The second-order valence-electron chi connectivity index (χ2n) is 5.45. The summed E-state index contributed by atoms with van der Waals surface area (Å²) in [6, 6.07) is 9.14. The molecule has 0 aliphatic heterocycles. The molecule has 0 heterocycles. The van der Waals surface area contributed by atoms with Gasteiger partial charge in [0.05, 0.1) is 6.61 Å². The van der Waals surface area contributed by atoms with Gasteiger partial charge in [-0.05, 0) is 24.5 Å². The first-order valence-electron chi connectivity index (χ1n) is 8.31. The number of alkyl carbamates (subject to hydrolysis) is 1. The molecule has 3 amide bonds. The average Bonchev–Trinajstić information content (AvgIpc) is 2.67. The lowest BCUT2D eigenvalue weighted by Gasteiger charge is -2.13. The summed E-state index contributed by atoms with van der Waals surface area (Å²) in [5.41, 5.74) is 1.63. The molecule has 0 aliphatic carbocycles. The van der Waals surface area contributed by atoms with E-state index in [0.717, 1.165) is 5.56 Å². The van der Waals surface area contributed by atoms with E-state index in [4.69, 9.17) is 9.84 Å². The van der Waals surface area contributed by atoms with Crippen LogP contribution >= 0.6 is 0 Å². The zero-order valence-electron chi connectivity index (χ0n) is 15.0. The molecular weight excluding hydrogens is 338 g/mol. The van der Waals surface area contributed by atoms with Crippen LogP contribution in [0.25, 0.3) is 0 Å². The highest BCUT2D eigenvalue weighted by atomic mass is 16.5. The number of allylic oxidation sites excluding steroid dienone is 1. The summed E-state index contributed by atoms with van der Waals surface area (Å²) < 4.78 is 5.00. The first-order valence-corrected chi connectivity index (χ1v) is 8.31. The van der Waals surface area contributed by atoms with Crippen LogP contribution in [0.15, 0.2) is 41.6 Å². The van der Waals surface area contributed by atoms with Gasteiger partial charge in [0, 0.05) is 6.54 Å². The lowest BCUT2D eigenvalue weighted by atomic mass is 10.1. The van der Waals surface area contributed by atoms with Crippen LogP contribution in [-0.4, -0.2) is 42.7 Å². The number of benzene rings is 1. The Bertz CT molecular complexity index is 643. The molecule has 1 aromatic carbocycles. The summed E-state index contributed by atoms with van der Waals surface area (Å²) in [6.07, 6.45) is -0.166. The van der Waals surface area contributed by atoms with Crippen molar-refractivity contribution in [2.24, 2.45) is 0 Å². The quantitative estimate of drug-likeness (QED) is 0.485. The molecule has 142 valence electrons. The first kappa shape index (κ1) is 21.2. The lowest BCUT2D eigenvalue weighted by Crippen LogP contribution is -2.41. The number of hydrogen-bond donors (Lipinski definition) is 4. The van der Waals surface area contributed by atoms with Gasteiger partial charge in [0.15, 0.2) is 0 Å². The molecular formula is C18H25N3O5. The van der Waals surface area contributed by atoms with Gasteiger partial charge in [-0.2, -0.15) is 0 Å². The molecule has 0 saturated carbocycles. The van der Waals surface area contributed by atoms with Crippen molar-refractivity contribution in [3.05, 3.63) is 47.2 Å². The van der Waals surface area contributed by atoms with E-state index >= 15 is 0 Å². The van der Waals surface area contributed by atoms with Crippen LogP contribution in [0.1, 0.15) is 25.8 Å². The molecule has 8 heteroatoms. The number of carbonyl (C=O) groups is 3. The summed E-state index contributed by atoms with van der Waals surface area (Å²) >= 11 is 0. The third-order valence-electron chi connectivity index (χ3n) is 3.45. The molecule has 8 nitrogen and oxygen atoms in total. The average molecular weight is 363 g/mol. The number of hydrogen-bond acceptors (Lipinski definition) is 5. The maximum atomic E-state index is 12.0. The van der Waals surface area contributed by atoms with Gasteiger partial charge in [-0.3, -0.25) is 9.59 Å². The Morgan fingerprint density at radius 1 is 1.12 bits per heavy atom. The smallest absolute Gasteiger partial charge is 0.407 e. The van der Waals surface area contributed by atoms with E-state index in [2.05, 4.69) is 16.0 Å². The number of ether oxygens (including phenoxy) is 1. The molecule has 0 atom stereocenters. The van der Waals surface area contributed by atoms with E-state index < -0.39 is 17.9 Å². The van der Waals surface area contributed by atoms with E-state index in [1.807, 2.05) is 37.3 Å². The van der Waals surface area contributed by atoms with Crippen molar-refractivity contribution in [1.82, 2.24) is 16.0 Å². The SMILES string of the molecule is CC/C(C)=C(\NC(=O)CNC(=O)OCc1ccccc1)C(=O)NCCO. The van der Waals surface area contributed by atoms with Crippen LogP contribution in [0.5, 0.6) is 0 Å². The number of carbonyl (C=O) groups excluding carboxylic acids is 3. The number of aliphatic hydroxyl groups excluding tert-OH is 1. The molecule has 0 fully saturated rings. The molecule has 1 rings (SSSR count). The van der Waals surface area contributed by atoms with E-state index in [1.165, 1.54) is 0 Å². The highest BCUT2D eigenvalue weighted by Crippen LogP contribution is 2.05. The molecule has 4 N–H and O–H groups in total. The zero-order chi connectivity index (χ0) is 19.4. The number of amides is 3. The van der Waals surface area contributed by atoms with E-state index in [1.54, 1.807) is 6.92 Å². The standard InChI is InChI=1S/C18H25N3O5/c1-3-13(2)16(17(24)19-9-10-22)21-15(23)11-20-18(25)26-12-14-7-5-4-6-8-14/h4-8,22H,3,9-12H2,1-2H3,(H,19,24)(H,20,25)(H,21,23)/b16-13-. The molecule has 0 unspecified atom stereocenters. The highest BCUT2D eigenvalue weighted by Gasteiger charge is 2.16. The van der Waals surface area contributed by atoms with Gasteiger partial charge in [0.1, 0.15) is 18.8 Å². The van der Waals surface area contributed by atoms with Crippen molar-refractivity contribution in [3.8, 4) is 0 Å². The van der Waals surface area contributed by atoms with Crippen molar-refractivity contribution >= 4 is 17.9 Å². The van der Waals surface area contributed by atoms with Gasteiger partial charge in [-0.1, -0.05) is 37.3 Å². The molecule has 0 spiro atoms. The van der Waals surface area contributed by atoms with Gasteiger partial charge in [-0.25, -0.2) is 4.79 Å². The topological polar surface area (TPSA) is 117 Å². The molecule has 0 aliphatic rings. The van der Waals surface area contributed by atoms with Gasteiger partial charge in [-0.15, -0.1) is 0 Å². The lowest BCUT2D eigenvalue weighted by molar-refractivity contribution is -0.123. The molecule has 0 radical (unpaired) electrons. The fourth-order valence-corrected chi connectivity index (χ4v) is 1.90. The predicted molar refractivity (Wildman–Crippen MR) is 95.9 cm³/mol. The number of nitrogens with one attached hydrogen (secondary N) is 3. The molecule has 1 aromatic rings. The van der Waals surface area contributed by atoms with Crippen molar-refractivity contribution < 1.29 is 24.2 Å². The van der Waals surface area contributed by atoms with Crippen molar-refractivity contribution in [2.75, 3.05) is 19.7 Å². The van der Waals surface area contributed by atoms with Crippen LogP contribution in [0.3, 0.4) is 0 Å². The minimum absolute atomic E-state index is 0.0826. The third-order valence-corrected chi connectivity index (χ3v) is 3.45. The van der Waals surface area contributed by atoms with Crippen molar-refractivity contribution in [3.63, 3.8) is 0 Å². The van der Waals surface area contributed by atoms with Crippen LogP contribution in [0, 0.1) is 0 Å². The Balaban J connectivity index is 2.47. The maximum Gasteiger partial charge on any atom is 0.407 e. The summed E-state index contributed by atoms with van der Waals surface area (Å²) in [4.78, 5) is 35.7. The number of rotatable bonds is 9. The Morgan fingerprint density at radius 2 is 1.81 bits per heavy atom. The van der Waals surface area contributed by atoms with Crippen LogP contribution in [-0.2, 0) is 20.9 Å². The summed E-state index contributed by atoms with van der Waals surface area (Å²) in [5.74, 6) is -1.04. The summed E-state index contributed by atoms with van der Waals surface area (Å²) in [5, 5.41) is 16.1. The second-order valence-corrected chi connectivity index (χ2v) is 5.45. The highest BCUT2D eigenvalue weighted by molar-refractivity contribution is 5.98. The van der Waals surface area contributed by atoms with Gasteiger partial charge in [0.25, 0.3) is 5.91 Å². The van der Waals surface area contributed by atoms with Crippen molar-refractivity contribution in [1.29, 1.82) is 0 Å². The van der Waals surface area contributed by atoms with Crippen molar-refractivity contribution in [2.45, 2.75) is 26.9 Å². The molecule has 0 aromatic heterocycles. The van der Waals surface area contributed by atoms with E-state index in [-0.39, 0.29) is 32.0 Å². The van der Waals surface area contributed by atoms with Crippen LogP contribution < -0.4 is 16.0 Å². The van der Waals surface area contributed by atoms with Crippen LogP contribution in [0.4, 0.5) is 4.79 Å². The van der Waals surface area contributed by atoms with Gasteiger partial charge in [0.2, 0.25) is 5.91 Å². The second kappa shape index (κ2) is 11.6. The Hall–Kier alpha value is -2.87. The first-order chi connectivity index (χ1) is 12.5.